The van der Waals surface area contributed by atoms with Gasteiger partial charge in [-0.15, -0.1) is 0 Å². The number of hydrogen-bond donors (Lipinski definition) is 3. The topological polar surface area (TPSA) is 303 Å². The van der Waals surface area contributed by atoms with Gasteiger partial charge in [-0.1, -0.05) is 138 Å². The minimum absolute atomic E-state index is 0. The zero-order chi connectivity index (χ0) is 65.8. The van der Waals surface area contributed by atoms with Crippen LogP contribution in [0.4, 0.5) is 0 Å². The molecule has 0 aromatic heterocycles. The molecule has 5 N–H and O–H groups in total. The van der Waals surface area contributed by atoms with Gasteiger partial charge in [-0.2, -0.15) is 0 Å². The second-order valence-corrected chi connectivity index (χ2v) is 20.4. The van der Waals surface area contributed by atoms with Gasteiger partial charge in [0.1, 0.15) is 0 Å². The number of aliphatic hydroxyl groups excluding tert-OH is 3. The molecule has 4 aromatic rings. The highest BCUT2D eigenvalue weighted by Gasteiger charge is 2.15. The molecule has 0 aliphatic carbocycles. The molecule has 20 nitrogen and oxygen atoms in total. The van der Waals surface area contributed by atoms with Crippen molar-refractivity contribution in [1.82, 2.24) is 0 Å². The fourth-order valence-electron chi connectivity index (χ4n) is 5.52. The Labute approximate surface area is 546 Å². The number of esters is 8. The lowest BCUT2D eigenvalue weighted by Gasteiger charge is -2.08. The summed E-state index contributed by atoms with van der Waals surface area (Å²) in [5.41, 5.74) is 3.46. The zero-order valence-electron chi connectivity index (χ0n) is 54.2. The van der Waals surface area contributed by atoms with E-state index in [0.29, 0.717) is 121 Å². The quantitative estimate of drug-likeness (QED) is 0.0299. The minimum atomic E-state index is -0.429. The Morgan fingerprint density at radius 3 is 0.604 bits per heavy atom. The molecule has 4 rings (SSSR count). The van der Waals surface area contributed by atoms with Crippen LogP contribution in [0, 0.1) is 23.7 Å². The van der Waals surface area contributed by atoms with Crippen LogP contribution in [-0.4, -0.2) is 143 Å². The van der Waals surface area contributed by atoms with E-state index >= 15 is 0 Å². The number of hydrogen-bond acceptors (Lipinski definition) is 19. The molecule has 91 heavy (non-hydrogen) atoms. The van der Waals surface area contributed by atoms with Gasteiger partial charge in [0.2, 0.25) is 0 Å². The fourth-order valence-corrected chi connectivity index (χ4v) is 5.52. The van der Waals surface area contributed by atoms with Crippen molar-refractivity contribution in [3.63, 3.8) is 0 Å². The number of carbonyl (C=O) groups excluding carboxylic acids is 8. The van der Waals surface area contributed by atoms with Crippen LogP contribution in [0.1, 0.15) is 247 Å². The normalized spacial score (nSPS) is 9.34. The maximum absolute atomic E-state index is 11.7. The van der Waals surface area contributed by atoms with Crippen molar-refractivity contribution in [3.05, 3.63) is 142 Å². The van der Waals surface area contributed by atoms with E-state index < -0.39 is 11.9 Å². The van der Waals surface area contributed by atoms with Gasteiger partial charge in [-0.05, 0) is 146 Å². The first-order valence-corrected chi connectivity index (χ1v) is 29.3. The smallest absolute Gasteiger partial charge is 0.338 e. The van der Waals surface area contributed by atoms with E-state index in [4.69, 9.17) is 43.7 Å². The lowest BCUT2D eigenvalue weighted by Crippen LogP contribution is -2.12. The van der Waals surface area contributed by atoms with Gasteiger partial charge in [-0.25, -0.2) is 38.4 Å². The van der Waals surface area contributed by atoms with Crippen molar-refractivity contribution >= 4 is 47.8 Å². The summed E-state index contributed by atoms with van der Waals surface area (Å²) < 4.78 is 39.6. The second kappa shape index (κ2) is 64.0. The SMILES string of the molecule is C.C.C.C.CC(C)CO.CC(C)COC(=O)c1ccc(C(=O)OCC(C)C)cc1.CCCCO.CCCCOC(=O)c1ccc(C(=O)OCC(C)C)cc1.CCCCOC(=O)c1ccc(C(=O)OCCCC)cc1.CO.COC(=O)c1ccc(C(=O)OC)cc1.O. The molecular weight excluding hydrogens is 1170 g/mol. The summed E-state index contributed by atoms with van der Waals surface area (Å²) in [6, 6.07) is 25.0. The average molecular weight is 1290 g/mol. The van der Waals surface area contributed by atoms with Crippen LogP contribution in [0.3, 0.4) is 0 Å². The van der Waals surface area contributed by atoms with E-state index in [9.17, 15) is 38.4 Å². The standard InChI is InChI=1S/3C16H22O4.C10H10O4.2C4H10O.CH4O.4CH4.H2O/c1-11(2)9-19-15(17)13-5-7-14(8-6-13)16(18)20-10-12(3)4;1-4-5-10-19-15(17)13-6-8-14(9-7-13)16(18)20-11-12(2)3;1-3-5-11-19-15(17)13-7-9-14(10-8-13)16(18)20-12-6-4-2;1-13-9(11)7-3-5-8(6-4-7)10(12)14-2;1-4(2)3-5;1-2-3-4-5;1-2;;;;;/h5-8,11-12H,9-10H2,1-4H3;6-9,12H,4-5,10-11H2,1-3H3;7-10H,3-6,11-12H2,1-2H3;3-6H,1-2H3;4-5H,3H2,1-2H3;5H,2-4H2,1H3;2H,1H3;4*1H4;1H2. The molecule has 522 valence electrons. The monoisotopic (exact) mass is 1290 g/mol. The van der Waals surface area contributed by atoms with Crippen LogP contribution in [-0.2, 0) is 37.9 Å². The second-order valence-electron chi connectivity index (χ2n) is 20.4. The molecule has 0 fully saturated rings. The summed E-state index contributed by atoms with van der Waals surface area (Å²) in [7, 11) is 3.60. The minimum Gasteiger partial charge on any atom is -0.465 e. The molecule has 0 amide bonds. The molecule has 4 aromatic carbocycles. The third kappa shape index (κ3) is 50.9. The molecule has 0 atom stereocenters. The van der Waals surface area contributed by atoms with E-state index in [1.165, 1.54) is 38.5 Å². The van der Waals surface area contributed by atoms with Crippen LogP contribution < -0.4 is 0 Å². The number of methoxy groups -OCH3 is 2. The van der Waals surface area contributed by atoms with Crippen molar-refractivity contribution in [3.8, 4) is 0 Å². The van der Waals surface area contributed by atoms with E-state index in [-0.39, 0.29) is 71.0 Å². The van der Waals surface area contributed by atoms with Gasteiger partial charge in [0.05, 0.1) is 98.4 Å². The molecule has 0 radical (unpaired) electrons. The van der Waals surface area contributed by atoms with Gasteiger partial charge in [0.15, 0.2) is 0 Å². The first-order valence-electron chi connectivity index (χ1n) is 29.3. The summed E-state index contributed by atoms with van der Waals surface area (Å²) in [6.07, 6.45) is 7.54. The van der Waals surface area contributed by atoms with Crippen molar-refractivity contribution in [2.24, 2.45) is 23.7 Å². The Hall–Kier alpha value is -7.52. The Morgan fingerprint density at radius 2 is 0.484 bits per heavy atom. The summed E-state index contributed by atoms with van der Waals surface area (Å²) >= 11 is 0. The molecular formula is C71H118O20. The molecule has 0 aliphatic rings. The molecule has 20 heteroatoms. The van der Waals surface area contributed by atoms with Crippen LogP contribution in [0.5, 0.6) is 0 Å². The van der Waals surface area contributed by atoms with E-state index in [1.807, 2.05) is 76.2 Å². The van der Waals surface area contributed by atoms with Crippen molar-refractivity contribution < 1.29 is 97.0 Å². The molecule has 0 spiro atoms. The molecule has 0 saturated carbocycles. The van der Waals surface area contributed by atoms with Gasteiger partial charge in [0, 0.05) is 20.3 Å². The molecule has 0 aliphatic heterocycles. The van der Waals surface area contributed by atoms with Crippen LogP contribution in [0.15, 0.2) is 97.1 Å². The summed E-state index contributed by atoms with van der Waals surface area (Å²) in [4.78, 5) is 92.2. The van der Waals surface area contributed by atoms with Crippen molar-refractivity contribution in [2.75, 3.05) is 74.2 Å². The lowest BCUT2D eigenvalue weighted by atomic mass is 10.1. The molecule has 0 bridgehead atoms. The molecule has 0 heterocycles. The van der Waals surface area contributed by atoms with Crippen molar-refractivity contribution in [1.29, 1.82) is 0 Å². The van der Waals surface area contributed by atoms with Crippen LogP contribution >= 0.6 is 0 Å². The Morgan fingerprint density at radius 1 is 0.319 bits per heavy atom. The maximum Gasteiger partial charge on any atom is 0.338 e. The Bertz CT molecular complexity index is 2310. The number of unbranched alkanes of at least 4 members (excludes halogenated alkanes) is 4. The predicted octanol–water partition coefficient (Wildman–Crippen LogP) is 14.4. The maximum atomic E-state index is 11.7. The Balaban J connectivity index is -0.000000156. The van der Waals surface area contributed by atoms with Gasteiger partial charge >= 0.3 is 47.8 Å². The number of rotatable bonds is 26. The highest BCUT2D eigenvalue weighted by molar-refractivity contribution is 5.95. The predicted molar refractivity (Wildman–Crippen MR) is 362 cm³/mol. The number of aliphatic hydroxyl groups is 3. The molecule has 0 saturated heterocycles. The third-order valence-corrected chi connectivity index (χ3v) is 10.5. The van der Waals surface area contributed by atoms with Gasteiger partial charge in [0.25, 0.3) is 0 Å². The summed E-state index contributed by atoms with van der Waals surface area (Å²) in [5.74, 6) is -1.72. The number of ether oxygens (including phenoxy) is 8. The highest BCUT2D eigenvalue weighted by atomic mass is 16.6. The third-order valence-electron chi connectivity index (χ3n) is 10.5. The first kappa shape index (κ1) is 99.7. The largest absolute Gasteiger partial charge is 0.465 e. The van der Waals surface area contributed by atoms with Crippen LogP contribution in [0.25, 0.3) is 0 Å². The van der Waals surface area contributed by atoms with E-state index in [2.05, 4.69) is 16.4 Å². The number of benzene rings is 4. The fraction of sp³-hybridized carbons (Fsp3) is 0.549. The zero-order valence-corrected chi connectivity index (χ0v) is 54.2. The van der Waals surface area contributed by atoms with Gasteiger partial charge < -0.3 is 58.7 Å². The summed E-state index contributed by atoms with van der Waals surface area (Å²) in [5, 5.41) is 23.2. The van der Waals surface area contributed by atoms with Crippen molar-refractivity contribution in [2.45, 2.75) is 164 Å². The van der Waals surface area contributed by atoms with Gasteiger partial charge in [-0.3, -0.25) is 0 Å². The Kier molecular flexibility index (Phi) is 70.1. The van der Waals surface area contributed by atoms with E-state index in [1.54, 1.807) is 72.8 Å². The average Bonchev–Trinajstić information content (AvgIpc) is 2.57. The lowest BCUT2D eigenvalue weighted by molar-refractivity contribution is 0.0445. The number of carbonyl (C=O) groups is 8. The van der Waals surface area contributed by atoms with Crippen LogP contribution in [0.2, 0.25) is 0 Å². The highest BCUT2D eigenvalue weighted by Crippen LogP contribution is 2.13. The van der Waals surface area contributed by atoms with E-state index in [0.717, 1.165) is 58.5 Å². The first-order chi connectivity index (χ1) is 41.0. The molecule has 0 unspecified atom stereocenters. The summed E-state index contributed by atoms with van der Waals surface area (Å²) in [6.45, 7) is 27.0.